The number of benzene rings is 3. The molecule has 202 valence electrons. The van der Waals surface area contributed by atoms with Crippen molar-refractivity contribution in [1.29, 1.82) is 0 Å². The van der Waals surface area contributed by atoms with Crippen LogP contribution in [-0.4, -0.2) is 44.7 Å². The Balaban J connectivity index is 1.14. The summed E-state index contributed by atoms with van der Waals surface area (Å²) in [5.41, 5.74) is 3.74. The van der Waals surface area contributed by atoms with E-state index in [1.54, 1.807) is 11.3 Å². The maximum Gasteiger partial charge on any atom is 0.233 e. The number of nitrogens with zero attached hydrogens (tertiary/aromatic N) is 5. The SMILES string of the molecule is O=C(CSc1nc2ccc(Nc3nc(Nc4ccccc4)nc(N4CCCC4)n3)cc2s1)NCc1ccccc1. The molecule has 0 spiro atoms. The molecule has 1 aliphatic heterocycles. The lowest BCUT2D eigenvalue weighted by molar-refractivity contribution is -0.118. The van der Waals surface area contributed by atoms with Crippen LogP contribution in [0.1, 0.15) is 18.4 Å². The highest BCUT2D eigenvalue weighted by Gasteiger charge is 2.18. The number of para-hydroxylation sites is 1. The average molecular weight is 569 g/mol. The van der Waals surface area contributed by atoms with Gasteiger partial charge in [-0.1, -0.05) is 60.3 Å². The third kappa shape index (κ3) is 6.67. The Hall–Kier alpha value is -4.22. The molecule has 0 saturated carbocycles. The van der Waals surface area contributed by atoms with E-state index in [9.17, 15) is 4.79 Å². The number of rotatable bonds is 10. The normalized spacial score (nSPS) is 12.9. The van der Waals surface area contributed by atoms with Gasteiger partial charge in [-0.2, -0.15) is 15.0 Å². The minimum Gasteiger partial charge on any atom is -0.351 e. The highest BCUT2D eigenvalue weighted by molar-refractivity contribution is 8.01. The molecule has 0 atom stereocenters. The lowest BCUT2D eigenvalue weighted by Gasteiger charge is -2.17. The fraction of sp³-hybridized carbons (Fsp3) is 0.207. The number of carbonyl (C=O) groups is 1. The summed E-state index contributed by atoms with van der Waals surface area (Å²) < 4.78 is 1.88. The number of amides is 1. The van der Waals surface area contributed by atoms with Crippen molar-refractivity contribution in [3.8, 4) is 0 Å². The Morgan fingerprint density at radius 2 is 1.52 bits per heavy atom. The van der Waals surface area contributed by atoms with Gasteiger partial charge in [0.2, 0.25) is 23.8 Å². The molecule has 0 bridgehead atoms. The first-order valence-corrected chi connectivity index (χ1v) is 14.9. The van der Waals surface area contributed by atoms with Crippen LogP contribution in [0, 0.1) is 0 Å². The largest absolute Gasteiger partial charge is 0.351 e. The van der Waals surface area contributed by atoms with Gasteiger partial charge >= 0.3 is 0 Å². The number of thioether (sulfide) groups is 1. The zero-order chi connectivity index (χ0) is 27.1. The molecule has 1 aliphatic rings. The van der Waals surface area contributed by atoms with Crippen LogP contribution in [0.25, 0.3) is 10.2 Å². The number of anilines is 5. The van der Waals surface area contributed by atoms with E-state index >= 15 is 0 Å². The monoisotopic (exact) mass is 568 g/mol. The van der Waals surface area contributed by atoms with Gasteiger partial charge in [0.15, 0.2) is 4.34 Å². The molecule has 0 aliphatic carbocycles. The van der Waals surface area contributed by atoms with E-state index < -0.39 is 0 Å². The molecule has 9 nitrogen and oxygen atoms in total. The van der Waals surface area contributed by atoms with Crippen molar-refractivity contribution in [1.82, 2.24) is 25.3 Å². The van der Waals surface area contributed by atoms with Crippen molar-refractivity contribution < 1.29 is 4.79 Å². The Labute approximate surface area is 240 Å². The van der Waals surface area contributed by atoms with Gasteiger partial charge in [0, 0.05) is 31.0 Å². The van der Waals surface area contributed by atoms with Crippen LogP contribution in [0.5, 0.6) is 0 Å². The third-order valence-electron chi connectivity index (χ3n) is 6.33. The summed E-state index contributed by atoms with van der Waals surface area (Å²) in [6, 6.07) is 25.7. The highest BCUT2D eigenvalue weighted by atomic mass is 32.2. The van der Waals surface area contributed by atoms with Crippen molar-refractivity contribution in [2.45, 2.75) is 23.7 Å². The Kier molecular flexibility index (Phi) is 8.01. The summed E-state index contributed by atoms with van der Waals surface area (Å²) in [6.07, 6.45) is 2.26. The highest BCUT2D eigenvalue weighted by Crippen LogP contribution is 2.32. The zero-order valence-electron chi connectivity index (χ0n) is 21.7. The van der Waals surface area contributed by atoms with E-state index in [-0.39, 0.29) is 5.91 Å². The molecule has 3 N–H and O–H groups in total. The van der Waals surface area contributed by atoms with Crippen LogP contribution in [-0.2, 0) is 11.3 Å². The van der Waals surface area contributed by atoms with Crippen LogP contribution < -0.4 is 20.9 Å². The summed E-state index contributed by atoms with van der Waals surface area (Å²) in [6.45, 7) is 2.39. The first-order valence-electron chi connectivity index (χ1n) is 13.1. The molecule has 1 amide bonds. The van der Waals surface area contributed by atoms with Crippen LogP contribution in [0.4, 0.5) is 29.2 Å². The Morgan fingerprint density at radius 3 is 2.27 bits per heavy atom. The number of aromatic nitrogens is 4. The molecule has 3 aromatic carbocycles. The first kappa shape index (κ1) is 26.0. The van der Waals surface area contributed by atoms with Gasteiger partial charge in [-0.3, -0.25) is 4.79 Å². The number of hydrogen-bond donors (Lipinski definition) is 3. The van der Waals surface area contributed by atoms with Crippen molar-refractivity contribution in [3.05, 3.63) is 84.4 Å². The van der Waals surface area contributed by atoms with Crippen LogP contribution in [0.2, 0.25) is 0 Å². The van der Waals surface area contributed by atoms with Crippen LogP contribution in [0.15, 0.2) is 83.2 Å². The van der Waals surface area contributed by atoms with Gasteiger partial charge in [-0.25, -0.2) is 4.98 Å². The Bertz CT molecular complexity index is 1590. The number of hydrogen-bond acceptors (Lipinski definition) is 10. The molecule has 0 radical (unpaired) electrons. The van der Waals surface area contributed by atoms with E-state index in [0.29, 0.717) is 30.1 Å². The predicted molar refractivity (Wildman–Crippen MR) is 163 cm³/mol. The molecule has 0 unspecified atom stereocenters. The second-order valence-electron chi connectivity index (χ2n) is 9.31. The summed E-state index contributed by atoms with van der Waals surface area (Å²) >= 11 is 3.01. The van der Waals surface area contributed by atoms with Gasteiger partial charge < -0.3 is 20.9 Å². The predicted octanol–water partition coefficient (Wildman–Crippen LogP) is 5.98. The number of carbonyl (C=O) groups excluding carboxylic acids is 1. The van der Waals surface area contributed by atoms with Crippen molar-refractivity contribution in [2.75, 3.05) is 34.4 Å². The molecule has 1 fully saturated rings. The second-order valence-corrected chi connectivity index (χ2v) is 11.6. The van der Waals surface area contributed by atoms with E-state index in [0.717, 1.165) is 57.4 Å². The lowest BCUT2D eigenvalue weighted by Crippen LogP contribution is -2.24. The van der Waals surface area contributed by atoms with Gasteiger partial charge in [0.1, 0.15) is 0 Å². The molecule has 40 heavy (non-hydrogen) atoms. The van der Waals surface area contributed by atoms with Crippen LogP contribution >= 0.6 is 23.1 Å². The number of thiazole rings is 1. The zero-order valence-corrected chi connectivity index (χ0v) is 23.3. The molecular weight excluding hydrogens is 541 g/mol. The first-order chi connectivity index (χ1) is 19.7. The third-order valence-corrected chi connectivity index (χ3v) is 8.49. The second kappa shape index (κ2) is 12.3. The van der Waals surface area contributed by atoms with E-state index in [1.165, 1.54) is 11.8 Å². The molecular formula is C29H28N8OS2. The summed E-state index contributed by atoms with van der Waals surface area (Å²) in [5, 5.41) is 9.62. The smallest absolute Gasteiger partial charge is 0.233 e. The molecule has 3 heterocycles. The average Bonchev–Trinajstić information content (AvgIpc) is 3.66. The molecule has 1 saturated heterocycles. The van der Waals surface area contributed by atoms with Gasteiger partial charge in [-0.05, 0) is 48.7 Å². The van der Waals surface area contributed by atoms with Crippen molar-refractivity contribution in [2.24, 2.45) is 0 Å². The fourth-order valence-corrected chi connectivity index (χ4v) is 6.27. The molecule has 5 aromatic rings. The number of fused-ring (bicyclic) bond motifs is 1. The summed E-state index contributed by atoms with van der Waals surface area (Å²) in [7, 11) is 0. The molecule has 2 aromatic heterocycles. The maximum absolute atomic E-state index is 12.3. The van der Waals surface area contributed by atoms with Crippen molar-refractivity contribution >= 4 is 68.4 Å². The maximum atomic E-state index is 12.3. The molecule has 6 rings (SSSR count). The van der Waals surface area contributed by atoms with Gasteiger partial charge in [0.05, 0.1) is 16.0 Å². The van der Waals surface area contributed by atoms with Gasteiger partial charge in [0.25, 0.3) is 0 Å². The standard InChI is InChI=1S/C29H28N8OS2/c38-25(30-18-20-9-3-1-4-10-20)19-39-29-33-23-14-13-22(17-24(23)40-29)32-27-34-26(31-21-11-5-2-6-12-21)35-28(36-27)37-15-7-8-16-37/h1-6,9-14,17H,7-8,15-16,18-19H2,(H,30,38)(H2,31,32,34,35,36). The quantitative estimate of drug-likeness (QED) is 0.175. The molecule has 11 heteroatoms. The fourth-order valence-electron chi connectivity index (χ4n) is 4.33. The van der Waals surface area contributed by atoms with E-state index in [4.69, 9.17) is 9.97 Å². The van der Waals surface area contributed by atoms with E-state index in [2.05, 4.69) is 30.8 Å². The number of nitrogens with one attached hydrogen (secondary N) is 3. The summed E-state index contributed by atoms with van der Waals surface area (Å²) in [4.78, 5) is 33.3. The topological polar surface area (TPSA) is 108 Å². The minimum absolute atomic E-state index is 0.0148. The van der Waals surface area contributed by atoms with E-state index in [1.807, 2.05) is 78.9 Å². The minimum atomic E-state index is -0.0148. The van der Waals surface area contributed by atoms with Crippen molar-refractivity contribution in [3.63, 3.8) is 0 Å². The van der Waals surface area contributed by atoms with Gasteiger partial charge in [-0.15, -0.1) is 11.3 Å². The Morgan fingerprint density at radius 1 is 0.825 bits per heavy atom. The van der Waals surface area contributed by atoms with Crippen LogP contribution in [0.3, 0.4) is 0 Å². The lowest BCUT2D eigenvalue weighted by atomic mass is 10.2. The summed E-state index contributed by atoms with van der Waals surface area (Å²) in [5.74, 6) is 1.94.